The molecule has 1 aromatic heterocycles. The van der Waals surface area contributed by atoms with E-state index in [2.05, 4.69) is 9.72 Å². The zero-order chi connectivity index (χ0) is 11.6. The second-order valence-corrected chi connectivity index (χ2v) is 2.70. The van der Waals surface area contributed by atoms with E-state index >= 15 is 0 Å². The molecule has 0 unspecified atom stereocenters. The lowest BCUT2D eigenvalue weighted by Gasteiger charge is -2.09. The first-order valence-corrected chi connectivity index (χ1v) is 3.83. The molecule has 0 amide bonds. The number of carboxylic acid groups (broad SMARTS) is 1. The number of aromatic carboxylic acids is 1. The molecule has 8 heteroatoms. The molecule has 0 bridgehead atoms. The number of alkyl halides is 3. The van der Waals surface area contributed by atoms with Crippen molar-refractivity contribution in [2.45, 2.75) is 6.36 Å². The number of ether oxygens (including phenoxy) is 1. The summed E-state index contributed by atoms with van der Waals surface area (Å²) in [5, 5.41) is 7.79. The standard InChI is InChI=1S/C7H3ClF3NO3/c8-5-4(15-7(9,10)11)2-1-3(12-5)6(13)14/h1-2H,(H,13,14). The molecule has 0 spiro atoms. The minimum atomic E-state index is -4.89. The summed E-state index contributed by atoms with van der Waals surface area (Å²) >= 11 is 5.28. The van der Waals surface area contributed by atoms with Crippen LogP contribution in [0.25, 0.3) is 0 Å². The lowest BCUT2D eigenvalue weighted by Crippen LogP contribution is -2.17. The Balaban J connectivity index is 2.99. The Bertz CT molecular complexity index is 394. The predicted molar refractivity (Wildman–Crippen MR) is 42.9 cm³/mol. The van der Waals surface area contributed by atoms with Crippen LogP contribution in [0, 0.1) is 0 Å². The molecule has 15 heavy (non-hydrogen) atoms. The van der Waals surface area contributed by atoms with Crippen LogP contribution < -0.4 is 4.74 Å². The smallest absolute Gasteiger partial charge is 0.477 e. The van der Waals surface area contributed by atoms with Gasteiger partial charge < -0.3 is 9.84 Å². The van der Waals surface area contributed by atoms with Crippen molar-refractivity contribution in [1.82, 2.24) is 4.98 Å². The van der Waals surface area contributed by atoms with Crippen molar-refractivity contribution in [2.75, 3.05) is 0 Å². The third-order valence-corrected chi connectivity index (χ3v) is 1.53. The number of carboxylic acids is 1. The fraction of sp³-hybridized carbons (Fsp3) is 0.143. The van der Waals surface area contributed by atoms with Crippen molar-refractivity contribution in [3.8, 4) is 5.75 Å². The maximum absolute atomic E-state index is 11.8. The third-order valence-electron chi connectivity index (χ3n) is 1.26. The van der Waals surface area contributed by atoms with Gasteiger partial charge in [-0.1, -0.05) is 11.6 Å². The minimum absolute atomic E-state index is 0.463. The van der Waals surface area contributed by atoms with Gasteiger partial charge in [0.1, 0.15) is 5.69 Å². The monoisotopic (exact) mass is 241 g/mol. The Labute approximate surface area is 86.3 Å². The summed E-state index contributed by atoms with van der Waals surface area (Å²) < 4.78 is 38.7. The van der Waals surface area contributed by atoms with E-state index < -0.39 is 28.9 Å². The quantitative estimate of drug-likeness (QED) is 0.808. The zero-order valence-electron chi connectivity index (χ0n) is 6.88. The first-order chi connectivity index (χ1) is 6.79. The molecule has 1 N–H and O–H groups in total. The average molecular weight is 242 g/mol. The number of rotatable bonds is 2. The van der Waals surface area contributed by atoms with Crippen molar-refractivity contribution in [1.29, 1.82) is 0 Å². The number of hydrogen-bond acceptors (Lipinski definition) is 3. The minimum Gasteiger partial charge on any atom is -0.477 e. The highest BCUT2D eigenvalue weighted by Gasteiger charge is 2.32. The Morgan fingerprint density at radius 2 is 2.07 bits per heavy atom. The highest BCUT2D eigenvalue weighted by molar-refractivity contribution is 6.31. The van der Waals surface area contributed by atoms with Crippen LogP contribution in [0.3, 0.4) is 0 Å². The molecule has 0 atom stereocenters. The van der Waals surface area contributed by atoms with E-state index in [4.69, 9.17) is 16.7 Å². The molecule has 4 nitrogen and oxygen atoms in total. The number of hydrogen-bond donors (Lipinski definition) is 1. The van der Waals surface area contributed by atoms with Gasteiger partial charge in [-0.25, -0.2) is 9.78 Å². The SMILES string of the molecule is O=C(O)c1ccc(OC(F)(F)F)c(Cl)n1. The van der Waals surface area contributed by atoms with Gasteiger partial charge in [-0.2, -0.15) is 0 Å². The Kier molecular flexibility index (Phi) is 3.04. The first kappa shape index (κ1) is 11.6. The second kappa shape index (κ2) is 3.93. The van der Waals surface area contributed by atoms with Gasteiger partial charge in [0, 0.05) is 0 Å². The highest BCUT2D eigenvalue weighted by Crippen LogP contribution is 2.28. The zero-order valence-corrected chi connectivity index (χ0v) is 7.63. The molecular weight excluding hydrogens is 239 g/mol. The molecule has 0 saturated carbocycles. The molecule has 0 aromatic carbocycles. The Morgan fingerprint density at radius 1 is 1.47 bits per heavy atom. The van der Waals surface area contributed by atoms with Crippen LogP contribution in [0.5, 0.6) is 5.75 Å². The summed E-state index contributed by atoms with van der Waals surface area (Å²) in [4.78, 5) is 13.6. The van der Waals surface area contributed by atoms with Gasteiger partial charge in [-0.15, -0.1) is 13.2 Å². The van der Waals surface area contributed by atoms with E-state index in [0.717, 1.165) is 12.1 Å². The molecular formula is C7H3ClF3NO3. The summed E-state index contributed by atoms with van der Waals surface area (Å²) in [6.07, 6.45) is -4.89. The molecule has 0 fully saturated rings. The highest BCUT2D eigenvalue weighted by atomic mass is 35.5. The fourth-order valence-corrected chi connectivity index (χ4v) is 0.934. The van der Waals surface area contributed by atoms with Crippen LogP contribution in [0.15, 0.2) is 12.1 Å². The normalized spacial score (nSPS) is 11.2. The largest absolute Gasteiger partial charge is 0.573 e. The van der Waals surface area contributed by atoms with Crippen LogP contribution >= 0.6 is 11.6 Å². The second-order valence-electron chi connectivity index (χ2n) is 2.34. The van der Waals surface area contributed by atoms with Gasteiger partial charge in [0.2, 0.25) is 0 Å². The molecule has 0 aliphatic rings. The molecule has 0 saturated heterocycles. The van der Waals surface area contributed by atoms with Crippen LogP contribution in [-0.2, 0) is 0 Å². The van der Waals surface area contributed by atoms with E-state index in [1.54, 1.807) is 0 Å². The van der Waals surface area contributed by atoms with E-state index in [1.807, 2.05) is 0 Å². The molecule has 0 radical (unpaired) electrons. The number of aromatic nitrogens is 1. The summed E-state index contributed by atoms with van der Waals surface area (Å²) in [6.45, 7) is 0. The summed E-state index contributed by atoms with van der Waals surface area (Å²) in [7, 11) is 0. The Morgan fingerprint density at radius 3 is 2.47 bits per heavy atom. The van der Waals surface area contributed by atoms with E-state index in [0.29, 0.717) is 0 Å². The van der Waals surface area contributed by atoms with Crippen molar-refractivity contribution >= 4 is 17.6 Å². The van der Waals surface area contributed by atoms with Gasteiger partial charge in [0.05, 0.1) is 0 Å². The average Bonchev–Trinajstić information content (AvgIpc) is 2.05. The van der Waals surface area contributed by atoms with Crippen molar-refractivity contribution in [3.05, 3.63) is 23.0 Å². The van der Waals surface area contributed by atoms with Crippen molar-refractivity contribution in [3.63, 3.8) is 0 Å². The van der Waals surface area contributed by atoms with Gasteiger partial charge in [-0.05, 0) is 12.1 Å². The molecule has 0 aliphatic carbocycles. The fourth-order valence-electron chi connectivity index (χ4n) is 0.741. The van der Waals surface area contributed by atoms with Crippen LogP contribution in [0.4, 0.5) is 13.2 Å². The molecule has 1 heterocycles. The third kappa shape index (κ3) is 3.28. The Hall–Kier alpha value is -1.50. The van der Waals surface area contributed by atoms with E-state index in [-0.39, 0.29) is 0 Å². The molecule has 0 aliphatic heterocycles. The number of pyridine rings is 1. The lowest BCUT2D eigenvalue weighted by atomic mass is 10.3. The molecule has 1 rings (SSSR count). The maximum atomic E-state index is 11.8. The van der Waals surface area contributed by atoms with Crippen molar-refractivity contribution < 1.29 is 27.8 Å². The van der Waals surface area contributed by atoms with Gasteiger partial charge in [-0.3, -0.25) is 0 Å². The molecule has 1 aromatic rings. The van der Waals surface area contributed by atoms with Crippen LogP contribution in [0.2, 0.25) is 5.15 Å². The maximum Gasteiger partial charge on any atom is 0.573 e. The van der Waals surface area contributed by atoms with Gasteiger partial charge >= 0.3 is 12.3 Å². The lowest BCUT2D eigenvalue weighted by molar-refractivity contribution is -0.274. The van der Waals surface area contributed by atoms with Gasteiger partial charge in [0.15, 0.2) is 10.9 Å². The predicted octanol–water partition coefficient (Wildman–Crippen LogP) is 2.33. The van der Waals surface area contributed by atoms with Crippen molar-refractivity contribution in [2.24, 2.45) is 0 Å². The van der Waals surface area contributed by atoms with Gasteiger partial charge in [0.25, 0.3) is 0 Å². The molecule has 82 valence electrons. The van der Waals surface area contributed by atoms with Crippen LogP contribution in [0.1, 0.15) is 10.5 Å². The topological polar surface area (TPSA) is 59.4 Å². The summed E-state index contributed by atoms with van der Waals surface area (Å²) in [5.74, 6) is -2.13. The summed E-state index contributed by atoms with van der Waals surface area (Å²) in [5.41, 5.74) is -0.463. The number of nitrogens with zero attached hydrogens (tertiary/aromatic N) is 1. The van der Waals surface area contributed by atoms with Crippen LogP contribution in [-0.4, -0.2) is 22.4 Å². The van der Waals surface area contributed by atoms with E-state index in [9.17, 15) is 18.0 Å². The van der Waals surface area contributed by atoms with E-state index in [1.165, 1.54) is 0 Å². The number of halogens is 4. The summed E-state index contributed by atoms with van der Waals surface area (Å²) in [6, 6.07) is 1.64. The first-order valence-electron chi connectivity index (χ1n) is 3.45. The number of carbonyl (C=O) groups is 1.